The summed E-state index contributed by atoms with van der Waals surface area (Å²) in [6, 6.07) is 12.7. The van der Waals surface area contributed by atoms with Crippen molar-refractivity contribution in [2.45, 2.75) is 13.8 Å². The molecule has 0 spiro atoms. The first-order chi connectivity index (χ1) is 10.5. The van der Waals surface area contributed by atoms with E-state index < -0.39 is 0 Å². The fourth-order valence-electron chi connectivity index (χ4n) is 1.82. The van der Waals surface area contributed by atoms with Crippen LogP contribution >= 0.6 is 0 Å². The van der Waals surface area contributed by atoms with E-state index in [1.54, 1.807) is 18.2 Å². The van der Waals surface area contributed by atoms with Crippen LogP contribution in [-0.2, 0) is 4.79 Å². The maximum Gasteiger partial charge on any atom is 0.277 e. The largest absolute Gasteiger partial charge is 0.507 e. The highest BCUT2D eigenvalue weighted by Gasteiger charge is 2.02. The minimum Gasteiger partial charge on any atom is -0.507 e. The van der Waals surface area contributed by atoms with Crippen LogP contribution in [0.2, 0.25) is 0 Å². The second kappa shape index (κ2) is 7.26. The number of amides is 1. The number of nitrogens with zero attached hydrogens (tertiary/aromatic N) is 1. The van der Waals surface area contributed by atoms with Crippen LogP contribution in [0.25, 0.3) is 0 Å². The second-order valence-corrected chi connectivity index (χ2v) is 4.96. The van der Waals surface area contributed by atoms with Gasteiger partial charge >= 0.3 is 0 Å². The van der Waals surface area contributed by atoms with Crippen molar-refractivity contribution < 1.29 is 14.6 Å². The van der Waals surface area contributed by atoms with Crippen LogP contribution in [0, 0.1) is 13.8 Å². The van der Waals surface area contributed by atoms with Crippen molar-refractivity contribution >= 4 is 12.1 Å². The first kappa shape index (κ1) is 15.6. The third kappa shape index (κ3) is 4.63. The minimum atomic E-state index is -0.371. The normalized spacial score (nSPS) is 10.6. The number of hydrogen-bond acceptors (Lipinski definition) is 4. The average molecular weight is 298 g/mol. The van der Waals surface area contributed by atoms with Crippen molar-refractivity contribution in [2.75, 3.05) is 6.61 Å². The van der Waals surface area contributed by atoms with Gasteiger partial charge in [0.2, 0.25) is 0 Å². The number of hydrazone groups is 1. The molecule has 22 heavy (non-hydrogen) atoms. The quantitative estimate of drug-likeness (QED) is 0.658. The molecule has 0 saturated heterocycles. The Hall–Kier alpha value is -2.82. The van der Waals surface area contributed by atoms with Gasteiger partial charge < -0.3 is 9.84 Å². The molecular formula is C17H18N2O3. The van der Waals surface area contributed by atoms with Crippen molar-refractivity contribution in [1.82, 2.24) is 5.43 Å². The molecule has 2 aromatic carbocycles. The van der Waals surface area contributed by atoms with Crippen LogP contribution in [-0.4, -0.2) is 23.8 Å². The average Bonchev–Trinajstić information content (AvgIpc) is 2.47. The Morgan fingerprint density at radius 2 is 2.00 bits per heavy atom. The molecule has 0 aliphatic rings. The molecule has 0 bridgehead atoms. The molecule has 114 valence electrons. The Bertz CT molecular complexity index is 696. The summed E-state index contributed by atoms with van der Waals surface area (Å²) in [7, 11) is 0. The third-order valence-corrected chi connectivity index (χ3v) is 2.94. The van der Waals surface area contributed by atoms with Gasteiger partial charge in [-0.2, -0.15) is 5.10 Å². The lowest BCUT2D eigenvalue weighted by molar-refractivity contribution is -0.123. The number of benzene rings is 2. The molecule has 0 radical (unpaired) electrons. The molecule has 5 heteroatoms. The fraction of sp³-hybridized carbons (Fsp3) is 0.176. The Labute approximate surface area is 129 Å². The van der Waals surface area contributed by atoms with E-state index in [4.69, 9.17) is 4.74 Å². The first-order valence-corrected chi connectivity index (χ1v) is 6.85. The van der Waals surface area contributed by atoms with E-state index in [9.17, 15) is 9.90 Å². The van der Waals surface area contributed by atoms with Gasteiger partial charge in [-0.1, -0.05) is 18.2 Å². The number of ether oxygens (including phenoxy) is 1. The van der Waals surface area contributed by atoms with Gasteiger partial charge in [-0.05, 0) is 49.2 Å². The second-order valence-electron chi connectivity index (χ2n) is 4.96. The molecule has 2 rings (SSSR count). The highest BCUT2D eigenvalue weighted by Crippen LogP contribution is 2.16. The summed E-state index contributed by atoms with van der Waals surface area (Å²) in [6.07, 6.45) is 1.39. The van der Waals surface area contributed by atoms with E-state index in [1.807, 2.05) is 38.1 Å². The Kier molecular flexibility index (Phi) is 5.14. The van der Waals surface area contributed by atoms with Crippen LogP contribution in [0.1, 0.15) is 16.7 Å². The summed E-state index contributed by atoms with van der Waals surface area (Å²) >= 11 is 0. The van der Waals surface area contributed by atoms with Gasteiger partial charge in [0.15, 0.2) is 6.61 Å². The summed E-state index contributed by atoms with van der Waals surface area (Å²) in [6.45, 7) is 3.71. The van der Waals surface area contributed by atoms with E-state index in [1.165, 1.54) is 6.21 Å². The van der Waals surface area contributed by atoms with E-state index in [2.05, 4.69) is 10.5 Å². The molecule has 2 aromatic rings. The fourth-order valence-corrected chi connectivity index (χ4v) is 1.82. The molecular weight excluding hydrogens is 280 g/mol. The molecule has 2 N–H and O–H groups in total. The molecule has 0 fully saturated rings. The number of phenols is 1. The predicted octanol–water partition coefficient (Wildman–Crippen LogP) is 2.54. The van der Waals surface area contributed by atoms with E-state index in [0.29, 0.717) is 11.3 Å². The van der Waals surface area contributed by atoms with Crippen LogP contribution in [0.4, 0.5) is 0 Å². The topological polar surface area (TPSA) is 70.9 Å². The monoisotopic (exact) mass is 298 g/mol. The molecule has 0 aromatic heterocycles. The molecule has 0 saturated carbocycles. The van der Waals surface area contributed by atoms with Gasteiger partial charge in [0.05, 0.1) is 6.21 Å². The van der Waals surface area contributed by atoms with Gasteiger partial charge in [-0.15, -0.1) is 0 Å². The number of aromatic hydroxyl groups is 1. The predicted molar refractivity (Wildman–Crippen MR) is 85.3 cm³/mol. The number of hydrogen-bond donors (Lipinski definition) is 2. The number of carbonyl (C=O) groups is 1. The lowest BCUT2D eigenvalue weighted by Gasteiger charge is -2.05. The number of rotatable bonds is 5. The Morgan fingerprint density at radius 1 is 1.23 bits per heavy atom. The first-order valence-electron chi connectivity index (χ1n) is 6.85. The molecule has 0 heterocycles. The van der Waals surface area contributed by atoms with Crippen molar-refractivity contribution in [1.29, 1.82) is 0 Å². The van der Waals surface area contributed by atoms with Gasteiger partial charge in [0.1, 0.15) is 11.5 Å². The summed E-state index contributed by atoms with van der Waals surface area (Å²) in [5, 5.41) is 13.5. The van der Waals surface area contributed by atoms with Crippen molar-refractivity contribution in [2.24, 2.45) is 5.10 Å². The van der Waals surface area contributed by atoms with E-state index in [-0.39, 0.29) is 18.3 Å². The number of carbonyl (C=O) groups excluding carboxylic acids is 1. The van der Waals surface area contributed by atoms with Gasteiger partial charge in [0.25, 0.3) is 5.91 Å². The zero-order chi connectivity index (χ0) is 15.9. The zero-order valence-corrected chi connectivity index (χ0v) is 12.5. The lowest BCUT2D eigenvalue weighted by atomic mass is 10.1. The molecule has 0 aliphatic carbocycles. The molecule has 5 nitrogen and oxygen atoms in total. The van der Waals surface area contributed by atoms with Gasteiger partial charge in [0, 0.05) is 5.56 Å². The highest BCUT2D eigenvalue weighted by atomic mass is 16.5. The van der Waals surface area contributed by atoms with Crippen LogP contribution in [0.3, 0.4) is 0 Å². The summed E-state index contributed by atoms with van der Waals surface area (Å²) in [5.74, 6) is 0.383. The Morgan fingerprint density at radius 3 is 2.73 bits per heavy atom. The third-order valence-electron chi connectivity index (χ3n) is 2.94. The zero-order valence-electron chi connectivity index (χ0n) is 12.5. The molecule has 0 aliphatic heterocycles. The highest BCUT2D eigenvalue weighted by molar-refractivity contribution is 5.85. The molecule has 0 unspecified atom stereocenters. The maximum atomic E-state index is 11.6. The lowest BCUT2D eigenvalue weighted by Crippen LogP contribution is -2.24. The number of phenolic OH excluding ortho intramolecular Hbond substituents is 1. The summed E-state index contributed by atoms with van der Waals surface area (Å²) < 4.78 is 5.36. The molecule has 0 atom stereocenters. The van der Waals surface area contributed by atoms with Gasteiger partial charge in [-0.25, -0.2) is 5.43 Å². The van der Waals surface area contributed by atoms with Crippen LogP contribution < -0.4 is 10.2 Å². The standard InChI is InChI=1S/C17H18N2O3/c1-12-4-3-5-15(8-12)22-11-17(21)19-18-10-14-7-6-13(2)9-16(14)20/h3-10,20H,11H2,1-2H3,(H,19,21)/b18-10-. The van der Waals surface area contributed by atoms with Crippen molar-refractivity contribution in [3.05, 3.63) is 59.2 Å². The SMILES string of the molecule is Cc1cccc(OCC(=O)N/N=C\c2ccc(C)cc2O)c1. The maximum absolute atomic E-state index is 11.6. The van der Waals surface area contributed by atoms with E-state index in [0.717, 1.165) is 11.1 Å². The number of aryl methyl sites for hydroxylation is 2. The van der Waals surface area contributed by atoms with Crippen LogP contribution in [0.15, 0.2) is 47.6 Å². The summed E-state index contributed by atoms with van der Waals surface area (Å²) in [5.41, 5.74) is 4.90. The molecule has 1 amide bonds. The summed E-state index contributed by atoms with van der Waals surface area (Å²) in [4.78, 5) is 11.6. The van der Waals surface area contributed by atoms with Gasteiger partial charge in [-0.3, -0.25) is 4.79 Å². The Balaban J connectivity index is 1.83. The van der Waals surface area contributed by atoms with Crippen LogP contribution in [0.5, 0.6) is 11.5 Å². The van der Waals surface area contributed by atoms with E-state index >= 15 is 0 Å². The minimum absolute atomic E-state index is 0.119. The smallest absolute Gasteiger partial charge is 0.277 e. The van der Waals surface area contributed by atoms with Crippen molar-refractivity contribution in [3.63, 3.8) is 0 Å². The van der Waals surface area contributed by atoms with Crippen molar-refractivity contribution in [3.8, 4) is 11.5 Å². The number of nitrogens with one attached hydrogen (secondary N) is 1.